The summed E-state index contributed by atoms with van der Waals surface area (Å²) in [6.07, 6.45) is 0. The van der Waals surface area contributed by atoms with E-state index in [4.69, 9.17) is 0 Å². The lowest BCUT2D eigenvalue weighted by Gasteiger charge is -2.09. The van der Waals surface area contributed by atoms with Gasteiger partial charge in [0.05, 0.1) is 33.1 Å². The summed E-state index contributed by atoms with van der Waals surface area (Å²) in [5.41, 5.74) is 8.68. The number of thiophene rings is 1. The van der Waals surface area contributed by atoms with Gasteiger partial charge in [0.1, 0.15) is 9.83 Å². The zero-order chi connectivity index (χ0) is 31.1. The maximum atomic E-state index is 2.53. The Kier molecular flexibility index (Phi) is 4.60. The van der Waals surface area contributed by atoms with Crippen molar-refractivity contribution < 1.29 is 0 Å². The van der Waals surface area contributed by atoms with Crippen molar-refractivity contribution in [2.24, 2.45) is 0 Å². The van der Waals surface area contributed by atoms with Gasteiger partial charge in [-0.15, -0.1) is 0 Å². The lowest BCUT2D eigenvalue weighted by Crippen LogP contribution is -1.93. The average molecular weight is 628 g/mol. The molecule has 0 aliphatic carbocycles. The second-order valence-electron chi connectivity index (χ2n) is 12.9. The van der Waals surface area contributed by atoms with Crippen LogP contribution in [-0.2, 0) is 0 Å². The first-order valence-electron chi connectivity index (χ1n) is 16.5. The maximum absolute atomic E-state index is 2.53. The van der Waals surface area contributed by atoms with E-state index in [1.807, 2.05) is 11.3 Å². The molecule has 0 saturated carbocycles. The molecule has 0 saturated heterocycles. The normalized spacial score (nSPS) is 12.6. The number of rotatable bonds is 2. The molecule has 0 aliphatic heterocycles. The third-order valence-electron chi connectivity index (χ3n) is 10.6. The molecular formula is C44H25N3S. The van der Waals surface area contributed by atoms with Gasteiger partial charge in [0.15, 0.2) is 0 Å². The first-order chi connectivity index (χ1) is 23.8. The Hall–Kier alpha value is -6.10. The van der Waals surface area contributed by atoms with Crippen molar-refractivity contribution in [3.8, 4) is 10.7 Å². The Morgan fingerprint density at radius 3 is 1.77 bits per heavy atom. The minimum Gasteiger partial charge on any atom is -0.309 e. The molecule has 0 atom stereocenters. The van der Waals surface area contributed by atoms with E-state index < -0.39 is 0 Å². The van der Waals surface area contributed by atoms with Crippen molar-refractivity contribution in [2.75, 3.05) is 0 Å². The van der Waals surface area contributed by atoms with Crippen LogP contribution in [0.15, 0.2) is 152 Å². The summed E-state index contributed by atoms with van der Waals surface area (Å²) >= 11 is 1.89. The molecule has 7 aromatic carbocycles. The van der Waals surface area contributed by atoms with Crippen LogP contribution < -0.4 is 0 Å². The van der Waals surface area contributed by atoms with Crippen molar-refractivity contribution in [3.63, 3.8) is 0 Å². The van der Waals surface area contributed by atoms with Crippen LogP contribution in [0, 0.1) is 0 Å². The van der Waals surface area contributed by atoms with Gasteiger partial charge in [0, 0.05) is 48.8 Å². The monoisotopic (exact) mass is 627 g/mol. The van der Waals surface area contributed by atoms with E-state index in [9.17, 15) is 0 Å². The number of benzene rings is 7. The molecule has 0 aliphatic rings. The van der Waals surface area contributed by atoms with Crippen LogP contribution in [0.3, 0.4) is 0 Å². The molecule has 0 fully saturated rings. The van der Waals surface area contributed by atoms with E-state index in [0.717, 1.165) is 0 Å². The lowest BCUT2D eigenvalue weighted by molar-refractivity contribution is 1.18. The standard InChI is InChI=1S/C44H25N3S/c1-2-12-27(13-3-1)45-35-19-8-5-15-31(35)41-37(45)23-24-38-42(41)32-16-6-9-20-36(32)46(38)39-25-33-29-17-10-11-26-21-22-30-28-14-4-7-18-34(28)47(44(33)48-39)43(30)40(26)29/h1-25H. The summed E-state index contributed by atoms with van der Waals surface area (Å²) in [6, 6.07) is 55.9. The Balaban J connectivity index is 1.26. The van der Waals surface area contributed by atoms with Crippen molar-refractivity contribution in [2.45, 2.75) is 0 Å². The van der Waals surface area contributed by atoms with Gasteiger partial charge in [0.25, 0.3) is 0 Å². The molecule has 3 nitrogen and oxygen atoms in total. The van der Waals surface area contributed by atoms with Crippen LogP contribution >= 0.6 is 11.3 Å². The molecule has 0 radical (unpaired) electrons. The third kappa shape index (κ3) is 2.96. The summed E-state index contributed by atoms with van der Waals surface area (Å²) in [6.45, 7) is 0. The van der Waals surface area contributed by atoms with Gasteiger partial charge in [0.2, 0.25) is 0 Å². The lowest BCUT2D eigenvalue weighted by atomic mass is 10.0. The largest absolute Gasteiger partial charge is 0.309 e. The first-order valence-corrected chi connectivity index (χ1v) is 17.3. The molecule has 5 heterocycles. The fourth-order valence-electron chi connectivity index (χ4n) is 8.71. The highest BCUT2D eigenvalue weighted by atomic mass is 32.1. The Morgan fingerprint density at radius 1 is 0.375 bits per heavy atom. The van der Waals surface area contributed by atoms with E-state index in [2.05, 4.69) is 165 Å². The third-order valence-corrected chi connectivity index (χ3v) is 11.7. The molecule has 222 valence electrons. The molecule has 0 amide bonds. The van der Waals surface area contributed by atoms with E-state index in [1.165, 1.54) is 102 Å². The number of para-hydroxylation sites is 4. The topological polar surface area (TPSA) is 14.3 Å². The van der Waals surface area contributed by atoms with Crippen LogP contribution in [0.25, 0.3) is 102 Å². The van der Waals surface area contributed by atoms with Crippen LogP contribution in [0.4, 0.5) is 0 Å². The van der Waals surface area contributed by atoms with Crippen LogP contribution in [0.5, 0.6) is 0 Å². The van der Waals surface area contributed by atoms with Gasteiger partial charge in [-0.2, -0.15) is 0 Å². The van der Waals surface area contributed by atoms with Gasteiger partial charge in [-0.25, -0.2) is 0 Å². The van der Waals surface area contributed by atoms with E-state index in [0.29, 0.717) is 0 Å². The summed E-state index contributed by atoms with van der Waals surface area (Å²) in [4.78, 5) is 1.29. The summed E-state index contributed by atoms with van der Waals surface area (Å²) < 4.78 is 7.46. The van der Waals surface area contributed by atoms with E-state index >= 15 is 0 Å². The van der Waals surface area contributed by atoms with Gasteiger partial charge >= 0.3 is 0 Å². The minimum absolute atomic E-state index is 1.18. The summed E-state index contributed by atoms with van der Waals surface area (Å²) in [5, 5.41) is 14.3. The second kappa shape index (κ2) is 8.82. The minimum atomic E-state index is 1.18. The predicted octanol–water partition coefficient (Wildman–Crippen LogP) is 12.2. The number of nitrogens with zero attached hydrogens (tertiary/aromatic N) is 3. The van der Waals surface area contributed by atoms with Gasteiger partial charge < -0.3 is 9.13 Å². The Labute approximate surface area is 278 Å². The fraction of sp³-hybridized carbons (Fsp3) is 0. The van der Waals surface area contributed by atoms with Crippen LogP contribution in [0.2, 0.25) is 0 Å². The fourth-order valence-corrected chi connectivity index (χ4v) is 9.93. The van der Waals surface area contributed by atoms with Crippen LogP contribution in [-0.4, -0.2) is 13.5 Å². The zero-order valence-electron chi connectivity index (χ0n) is 25.7. The molecule has 0 unspecified atom stereocenters. The van der Waals surface area contributed by atoms with Crippen molar-refractivity contribution in [3.05, 3.63) is 152 Å². The molecule has 48 heavy (non-hydrogen) atoms. The van der Waals surface area contributed by atoms with Crippen molar-refractivity contribution in [1.82, 2.24) is 13.5 Å². The first kappa shape index (κ1) is 25.0. The van der Waals surface area contributed by atoms with E-state index in [-0.39, 0.29) is 0 Å². The molecule has 5 aromatic heterocycles. The highest BCUT2D eigenvalue weighted by Gasteiger charge is 2.23. The quantitative estimate of drug-likeness (QED) is 0.181. The second-order valence-corrected chi connectivity index (χ2v) is 13.9. The molecule has 0 bridgehead atoms. The van der Waals surface area contributed by atoms with Crippen molar-refractivity contribution in [1.29, 1.82) is 0 Å². The Bertz CT molecular complexity index is 3280. The molecule has 0 spiro atoms. The summed E-state index contributed by atoms with van der Waals surface area (Å²) in [7, 11) is 0. The predicted molar refractivity (Wildman–Crippen MR) is 205 cm³/mol. The number of hydrogen-bond donors (Lipinski definition) is 0. The number of pyridine rings is 1. The summed E-state index contributed by atoms with van der Waals surface area (Å²) in [5.74, 6) is 0. The molecule has 12 rings (SSSR count). The Morgan fingerprint density at radius 2 is 1.00 bits per heavy atom. The number of aromatic nitrogens is 3. The number of fused-ring (bicyclic) bond motifs is 13. The van der Waals surface area contributed by atoms with Gasteiger partial charge in [-0.05, 0) is 59.3 Å². The number of hydrogen-bond acceptors (Lipinski definition) is 1. The SMILES string of the molecule is c1ccc(-n2c3ccccc3c3c4c5ccccc5n(-c5cc6c7cccc8ccc9c%10ccccc%10n(c6s5)c9c87)c4ccc32)cc1. The highest BCUT2D eigenvalue weighted by Crippen LogP contribution is 2.47. The highest BCUT2D eigenvalue weighted by molar-refractivity contribution is 7.21. The van der Waals surface area contributed by atoms with E-state index in [1.54, 1.807) is 0 Å². The van der Waals surface area contributed by atoms with Gasteiger partial charge in [-0.3, -0.25) is 4.40 Å². The van der Waals surface area contributed by atoms with Gasteiger partial charge in [-0.1, -0.05) is 114 Å². The van der Waals surface area contributed by atoms with Crippen molar-refractivity contribution >= 4 is 103 Å². The van der Waals surface area contributed by atoms with Crippen LogP contribution in [0.1, 0.15) is 0 Å². The smallest absolute Gasteiger partial charge is 0.110 e. The maximum Gasteiger partial charge on any atom is 0.110 e. The zero-order valence-corrected chi connectivity index (χ0v) is 26.5. The molecular weight excluding hydrogens is 603 g/mol. The average Bonchev–Trinajstić information content (AvgIpc) is 3.89. The molecule has 4 heteroatoms. The molecule has 12 aromatic rings. The molecule has 0 N–H and O–H groups in total.